The lowest BCUT2D eigenvalue weighted by Crippen LogP contribution is -2.30. The first-order chi connectivity index (χ1) is 12.9. The van der Waals surface area contributed by atoms with Crippen LogP contribution in [0.25, 0.3) is 0 Å². The molecule has 8 nitrogen and oxygen atoms in total. The normalized spacial score (nSPS) is 16.0. The molecule has 9 heteroatoms. The van der Waals surface area contributed by atoms with Crippen molar-refractivity contribution in [3.63, 3.8) is 0 Å². The van der Waals surface area contributed by atoms with Gasteiger partial charge in [0.15, 0.2) is 11.5 Å². The summed E-state index contributed by atoms with van der Waals surface area (Å²) in [5.74, 6) is 0.952. The van der Waals surface area contributed by atoms with Gasteiger partial charge in [-0.1, -0.05) is 11.6 Å². The van der Waals surface area contributed by atoms with Gasteiger partial charge in [0, 0.05) is 5.70 Å². The van der Waals surface area contributed by atoms with E-state index in [4.69, 9.17) is 25.8 Å². The molecule has 27 heavy (non-hydrogen) atoms. The third-order valence-electron chi connectivity index (χ3n) is 4.13. The molecule has 1 aromatic heterocycles. The van der Waals surface area contributed by atoms with Gasteiger partial charge in [0.05, 0.1) is 30.9 Å². The predicted octanol–water partition coefficient (Wildman–Crippen LogP) is 3.19. The Labute approximate surface area is 162 Å². The molecular weight excluding hydrogens is 372 g/mol. The van der Waals surface area contributed by atoms with Gasteiger partial charge in [-0.2, -0.15) is 10.1 Å². The van der Waals surface area contributed by atoms with Gasteiger partial charge in [-0.25, -0.2) is 9.48 Å². The van der Waals surface area contributed by atoms with Crippen LogP contribution in [0, 0.1) is 0 Å². The number of anilines is 1. The third kappa shape index (κ3) is 3.44. The number of aromatic nitrogens is 3. The number of hydrogen-bond donors (Lipinski definition) is 1. The van der Waals surface area contributed by atoms with E-state index in [0.29, 0.717) is 39.3 Å². The number of benzene rings is 1. The summed E-state index contributed by atoms with van der Waals surface area (Å²) in [5, 5.41) is 7.73. The van der Waals surface area contributed by atoms with Crippen LogP contribution < -0.4 is 14.8 Å². The zero-order valence-electron chi connectivity index (χ0n) is 15.7. The maximum atomic E-state index is 12.8. The number of ether oxygens (including phenoxy) is 3. The van der Waals surface area contributed by atoms with E-state index in [0.717, 1.165) is 0 Å². The van der Waals surface area contributed by atoms with Gasteiger partial charge in [0.1, 0.15) is 12.4 Å². The van der Waals surface area contributed by atoms with Crippen molar-refractivity contribution in [2.24, 2.45) is 0 Å². The molecule has 0 fully saturated rings. The van der Waals surface area contributed by atoms with E-state index in [1.807, 2.05) is 0 Å². The summed E-state index contributed by atoms with van der Waals surface area (Å²) in [6, 6.07) is 2.91. The predicted molar refractivity (Wildman–Crippen MR) is 100 cm³/mol. The zero-order chi connectivity index (χ0) is 19.7. The first kappa shape index (κ1) is 19.0. The Hall–Kier alpha value is -2.74. The third-order valence-corrected chi connectivity index (χ3v) is 4.41. The molecule has 144 valence electrons. The molecule has 0 bridgehead atoms. The fourth-order valence-corrected chi connectivity index (χ4v) is 3.33. The SMILES string of the molecule is COc1cc(C2C(C(=O)OC(C)C)=C(C)Nc3ncnn32)cc(Cl)c1OC. The van der Waals surface area contributed by atoms with Gasteiger partial charge in [0.2, 0.25) is 5.95 Å². The monoisotopic (exact) mass is 392 g/mol. The largest absolute Gasteiger partial charge is 0.493 e. The summed E-state index contributed by atoms with van der Waals surface area (Å²) >= 11 is 6.38. The van der Waals surface area contributed by atoms with E-state index in [1.54, 1.807) is 37.6 Å². The number of fused-ring (bicyclic) bond motifs is 1. The highest BCUT2D eigenvalue weighted by atomic mass is 35.5. The highest BCUT2D eigenvalue weighted by Gasteiger charge is 2.35. The van der Waals surface area contributed by atoms with Crippen LogP contribution in [0.5, 0.6) is 11.5 Å². The maximum absolute atomic E-state index is 12.8. The second kappa shape index (κ2) is 7.48. The minimum Gasteiger partial charge on any atom is -0.493 e. The van der Waals surface area contributed by atoms with E-state index < -0.39 is 12.0 Å². The second-order valence-electron chi connectivity index (χ2n) is 6.29. The first-order valence-corrected chi connectivity index (χ1v) is 8.74. The van der Waals surface area contributed by atoms with E-state index >= 15 is 0 Å². The Morgan fingerprint density at radius 2 is 2.04 bits per heavy atom. The standard InChI is InChI=1S/C18H21ClN4O4/c1-9(2)27-17(24)14-10(3)22-18-20-8-21-23(18)15(14)11-6-12(19)16(26-5)13(7-11)25-4/h6-9,15H,1-5H3,(H,20,21,22). The summed E-state index contributed by atoms with van der Waals surface area (Å²) in [4.78, 5) is 17.0. The fraction of sp³-hybridized carbons (Fsp3) is 0.389. The van der Waals surface area contributed by atoms with Crippen molar-refractivity contribution in [3.05, 3.63) is 40.3 Å². The summed E-state index contributed by atoms with van der Waals surface area (Å²) in [6.07, 6.45) is 1.16. The number of hydrogen-bond acceptors (Lipinski definition) is 7. The van der Waals surface area contributed by atoms with E-state index in [9.17, 15) is 4.79 Å². The minimum absolute atomic E-state index is 0.260. The first-order valence-electron chi connectivity index (χ1n) is 8.37. The molecule has 0 spiro atoms. The summed E-state index contributed by atoms with van der Waals surface area (Å²) in [6.45, 7) is 5.39. The van der Waals surface area contributed by atoms with Crippen LogP contribution in [-0.4, -0.2) is 41.1 Å². The van der Waals surface area contributed by atoms with Crippen molar-refractivity contribution in [1.29, 1.82) is 0 Å². The molecule has 0 aliphatic carbocycles. The number of methoxy groups -OCH3 is 2. The maximum Gasteiger partial charge on any atom is 0.338 e. The Bertz CT molecular complexity index is 907. The number of nitrogens with zero attached hydrogens (tertiary/aromatic N) is 3. The van der Waals surface area contributed by atoms with Gasteiger partial charge < -0.3 is 19.5 Å². The zero-order valence-corrected chi connectivity index (χ0v) is 16.5. The highest BCUT2D eigenvalue weighted by molar-refractivity contribution is 6.32. The molecule has 0 radical (unpaired) electrons. The van der Waals surface area contributed by atoms with Crippen LogP contribution in [0.15, 0.2) is 29.7 Å². The van der Waals surface area contributed by atoms with E-state index in [-0.39, 0.29) is 6.10 Å². The fourth-order valence-electron chi connectivity index (χ4n) is 3.04. The highest BCUT2D eigenvalue weighted by Crippen LogP contribution is 2.42. The summed E-state index contributed by atoms with van der Waals surface area (Å²) in [5.41, 5.74) is 1.75. The van der Waals surface area contributed by atoms with Crippen LogP contribution in [0.3, 0.4) is 0 Å². The number of carbonyl (C=O) groups is 1. The number of carbonyl (C=O) groups excluding carboxylic acids is 1. The van der Waals surface area contributed by atoms with Crippen LogP contribution in [0.2, 0.25) is 5.02 Å². The topological polar surface area (TPSA) is 87.5 Å². The van der Waals surface area contributed by atoms with Crippen LogP contribution in [0.4, 0.5) is 5.95 Å². The average molecular weight is 393 g/mol. The average Bonchev–Trinajstić information content (AvgIpc) is 3.06. The number of nitrogens with one attached hydrogen (secondary N) is 1. The lowest BCUT2D eigenvalue weighted by Gasteiger charge is -2.29. The number of esters is 1. The van der Waals surface area contributed by atoms with Gasteiger partial charge in [0.25, 0.3) is 0 Å². The molecule has 1 aliphatic heterocycles. The molecule has 0 amide bonds. The minimum atomic E-state index is -0.577. The smallest absolute Gasteiger partial charge is 0.338 e. The lowest BCUT2D eigenvalue weighted by molar-refractivity contribution is -0.143. The van der Waals surface area contributed by atoms with Gasteiger partial charge in [-0.15, -0.1) is 0 Å². The van der Waals surface area contributed by atoms with Gasteiger partial charge in [-0.3, -0.25) is 0 Å². The molecule has 0 saturated carbocycles. The Morgan fingerprint density at radius 3 is 2.67 bits per heavy atom. The number of allylic oxidation sites excluding steroid dienone is 1. The van der Waals surface area contributed by atoms with Crippen molar-refractivity contribution < 1.29 is 19.0 Å². The molecule has 3 rings (SSSR count). The lowest BCUT2D eigenvalue weighted by atomic mass is 9.95. The molecule has 2 heterocycles. The summed E-state index contributed by atoms with van der Waals surface area (Å²) in [7, 11) is 3.04. The molecule has 1 aromatic carbocycles. The van der Waals surface area contributed by atoms with Crippen molar-refractivity contribution in [3.8, 4) is 11.5 Å². The van der Waals surface area contributed by atoms with Crippen molar-refractivity contribution >= 4 is 23.5 Å². The van der Waals surface area contributed by atoms with Crippen molar-refractivity contribution in [1.82, 2.24) is 14.8 Å². The second-order valence-corrected chi connectivity index (χ2v) is 6.69. The molecule has 2 aromatic rings. The van der Waals surface area contributed by atoms with Gasteiger partial charge in [-0.05, 0) is 38.5 Å². The Kier molecular flexibility index (Phi) is 5.27. The molecular formula is C18H21ClN4O4. The number of halogens is 1. The van der Waals surface area contributed by atoms with Gasteiger partial charge >= 0.3 is 5.97 Å². The Morgan fingerprint density at radius 1 is 1.30 bits per heavy atom. The van der Waals surface area contributed by atoms with E-state index in [2.05, 4.69) is 15.4 Å². The van der Waals surface area contributed by atoms with Crippen molar-refractivity contribution in [2.45, 2.75) is 32.9 Å². The molecule has 1 unspecified atom stereocenters. The quantitative estimate of drug-likeness (QED) is 0.781. The molecule has 1 N–H and O–H groups in total. The van der Waals surface area contributed by atoms with E-state index in [1.165, 1.54) is 20.5 Å². The molecule has 1 atom stereocenters. The summed E-state index contributed by atoms with van der Waals surface area (Å²) < 4.78 is 17.8. The molecule has 1 aliphatic rings. The Balaban J connectivity index is 2.18. The van der Waals surface area contributed by atoms with Crippen molar-refractivity contribution in [2.75, 3.05) is 19.5 Å². The number of rotatable bonds is 5. The van der Waals surface area contributed by atoms with Crippen LogP contribution in [0.1, 0.15) is 32.4 Å². The molecule has 0 saturated heterocycles. The van der Waals surface area contributed by atoms with Crippen LogP contribution >= 0.6 is 11.6 Å². The van der Waals surface area contributed by atoms with Crippen LogP contribution in [-0.2, 0) is 9.53 Å².